The van der Waals surface area contributed by atoms with Crippen molar-refractivity contribution in [3.05, 3.63) is 42.2 Å². The normalized spacial score (nSPS) is 21.0. The van der Waals surface area contributed by atoms with Crippen molar-refractivity contribution in [2.45, 2.75) is 24.9 Å². The summed E-state index contributed by atoms with van der Waals surface area (Å²) in [5.74, 6) is -0.165. The van der Waals surface area contributed by atoms with Crippen LogP contribution in [0.5, 0.6) is 0 Å². The number of sulfone groups is 1. The third kappa shape index (κ3) is 3.92. The second-order valence-corrected chi connectivity index (χ2v) is 7.83. The lowest BCUT2D eigenvalue weighted by Gasteiger charge is -2.19. The summed E-state index contributed by atoms with van der Waals surface area (Å²) in [4.78, 5) is 12.6. The average Bonchev–Trinajstić information content (AvgIpc) is 3.15. The van der Waals surface area contributed by atoms with E-state index in [2.05, 4.69) is 20.8 Å². The number of hydrogen-bond acceptors (Lipinski definition) is 6. The molecule has 2 aromatic rings. The number of nitrogens with zero attached hydrogens (tertiary/aromatic N) is 4. The number of tetrazole rings is 1. The van der Waals surface area contributed by atoms with Crippen molar-refractivity contribution in [2.75, 3.05) is 11.5 Å². The summed E-state index contributed by atoms with van der Waals surface area (Å²) in [6, 6.07) is 8.58. The van der Waals surface area contributed by atoms with Crippen LogP contribution in [0.4, 0.5) is 0 Å². The first-order valence-corrected chi connectivity index (χ1v) is 9.13. The van der Waals surface area contributed by atoms with Gasteiger partial charge in [0, 0.05) is 12.5 Å². The molecule has 122 valence electrons. The summed E-state index contributed by atoms with van der Waals surface area (Å²) in [5.41, 5.74) is 0.974. The van der Waals surface area contributed by atoms with Gasteiger partial charge < -0.3 is 5.32 Å². The van der Waals surface area contributed by atoms with Gasteiger partial charge in [-0.15, -0.1) is 5.10 Å². The van der Waals surface area contributed by atoms with E-state index >= 15 is 0 Å². The van der Waals surface area contributed by atoms with Crippen LogP contribution in [0, 0.1) is 0 Å². The van der Waals surface area contributed by atoms with Gasteiger partial charge in [-0.05, 0) is 22.4 Å². The monoisotopic (exact) mass is 335 g/mol. The van der Waals surface area contributed by atoms with Gasteiger partial charge in [0.05, 0.1) is 11.5 Å². The quantitative estimate of drug-likeness (QED) is 0.808. The Kier molecular flexibility index (Phi) is 4.37. The minimum Gasteiger partial charge on any atom is -0.350 e. The van der Waals surface area contributed by atoms with E-state index in [1.165, 1.54) is 11.0 Å². The number of nitrogens with one attached hydrogen (secondary N) is 1. The van der Waals surface area contributed by atoms with E-state index in [4.69, 9.17) is 0 Å². The number of rotatable bonds is 5. The first kappa shape index (κ1) is 15.6. The summed E-state index contributed by atoms with van der Waals surface area (Å²) >= 11 is 0. The first-order chi connectivity index (χ1) is 11.0. The number of amides is 1. The molecule has 2 heterocycles. The van der Waals surface area contributed by atoms with E-state index in [9.17, 15) is 13.2 Å². The second kappa shape index (κ2) is 6.45. The van der Waals surface area contributed by atoms with Gasteiger partial charge in [0.15, 0.2) is 9.84 Å². The molecule has 1 aromatic carbocycles. The largest absolute Gasteiger partial charge is 0.350 e. The van der Waals surface area contributed by atoms with E-state index in [1.807, 2.05) is 30.3 Å². The van der Waals surface area contributed by atoms with Gasteiger partial charge in [0.25, 0.3) is 0 Å². The topological polar surface area (TPSA) is 107 Å². The Balaban J connectivity index is 1.74. The summed E-state index contributed by atoms with van der Waals surface area (Å²) in [7, 11) is -3.04. The lowest BCUT2D eigenvalue weighted by Crippen LogP contribution is -2.41. The van der Waals surface area contributed by atoms with Crippen LogP contribution < -0.4 is 5.32 Å². The van der Waals surface area contributed by atoms with Crippen molar-refractivity contribution in [3.8, 4) is 0 Å². The van der Waals surface area contributed by atoms with Gasteiger partial charge in [-0.2, -0.15) is 0 Å². The van der Waals surface area contributed by atoms with Gasteiger partial charge >= 0.3 is 0 Å². The third-order valence-electron chi connectivity index (χ3n) is 3.84. The van der Waals surface area contributed by atoms with Crippen molar-refractivity contribution >= 4 is 15.7 Å². The van der Waals surface area contributed by atoms with E-state index in [1.54, 1.807) is 0 Å². The molecule has 3 rings (SSSR count). The molecule has 0 bridgehead atoms. The molecule has 8 nitrogen and oxygen atoms in total. The maximum absolute atomic E-state index is 12.6. The molecule has 0 aliphatic carbocycles. The van der Waals surface area contributed by atoms with Crippen molar-refractivity contribution in [3.63, 3.8) is 0 Å². The van der Waals surface area contributed by atoms with E-state index in [0.29, 0.717) is 12.8 Å². The smallest absolute Gasteiger partial charge is 0.245 e. The Morgan fingerprint density at radius 1 is 1.35 bits per heavy atom. The van der Waals surface area contributed by atoms with Crippen LogP contribution in [0.2, 0.25) is 0 Å². The highest BCUT2D eigenvalue weighted by Crippen LogP contribution is 2.16. The lowest BCUT2D eigenvalue weighted by molar-refractivity contribution is -0.125. The van der Waals surface area contributed by atoms with Crippen LogP contribution in [0.15, 0.2) is 36.7 Å². The fourth-order valence-electron chi connectivity index (χ4n) is 2.66. The predicted octanol–water partition coefficient (Wildman–Crippen LogP) is -0.240. The molecule has 9 heteroatoms. The molecule has 1 saturated heterocycles. The van der Waals surface area contributed by atoms with Crippen LogP contribution in [-0.2, 0) is 21.1 Å². The zero-order valence-electron chi connectivity index (χ0n) is 12.4. The summed E-state index contributed by atoms with van der Waals surface area (Å²) < 4.78 is 24.4. The number of carbonyl (C=O) groups is 1. The Morgan fingerprint density at radius 3 is 2.74 bits per heavy atom. The van der Waals surface area contributed by atoms with Gasteiger partial charge in [0.1, 0.15) is 12.4 Å². The summed E-state index contributed by atoms with van der Waals surface area (Å²) in [6.45, 7) is 0. The van der Waals surface area contributed by atoms with Crippen LogP contribution >= 0.6 is 0 Å². The second-order valence-electron chi connectivity index (χ2n) is 5.60. The zero-order chi connectivity index (χ0) is 16.3. The SMILES string of the molecule is O=C(NC1CCS(=O)(=O)C1)C(Cc1ccccc1)n1cnnn1. The van der Waals surface area contributed by atoms with E-state index in [-0.39, 0.29) is 23.5 Å². The number of benzene rings is 1. The van der Waals surface area contributed by atoms with Crippen LogP contribution in [0.3, 0.4) is 0 Å². The molecule has 1 amide bonds. The Morgan fingerprint density at radius 2 is 2.13 bits per heavy atom. The van der Waals surface area contributed by atoms with E-state index in [0.717, 1.165) is 5.56 Å². The molecule has 2 unspecified atom stereocenters. The number of carbonyl (C=O) groups excluding carboxylic acids is 1. The minimum atomic E-state index is -3.04. The summed E-state index contributed by atoms with van der Waals surface area (Å²) in [5, 5.41) is 13.8. The highest BCUT2D eigenvalue weighted by Gasteiger charge is 2.31. The highest BCUT2D eigenvalue weighted by molar-refractivity contribution is 7.91. The molecule has 1 N–H and O–H groups in total. The first-order valence-electron chi connectivity index (χ1n) is 7.31. The molecule has 23 heavy (non-hydrogen) atoms. The minimum absolute atomic E-state index is 0.00754. The molecular formula is C14H17N5O3S. The van der Waals surface area contributed by atoms with Gasteiger partial charge in [-0.3, -0.25) is 4.79 Å². The maximum Gasteiger partial charge on any atom is 0.245 e. The third-order valence-corrected chi connectivity index (χ3v) is 5.61. The van der Waals surface area contributed by atoms with Crippen molar-refractivity contribution in [2.24, 2.45) is 0 Å². The molecule has 1 fully saturated rings. The van der Waals surface area contributed by atoms with Gasteiger partial charge in [-0.25, -0.2) is 13.1 Å². The van der Waals surface area contributed by atoms with Crippen LogP contribution in [0.1, 0.15) is 18.0 Å². The molecule has 2 atom stereocenters. The molecule has 0 saturated carbocycles. The molecule has 1 aromatic heterocycles. The van der Waals surface area contributed by atoms with Crippen LogP contribution in [-0.4, -0.2) is 52.1 Å². The Hall–Kier alpha value is -2.29. The fraction of sp³-hybridized carbons (Fsp3) is 0.429. The fourth-order valence-corrected chi connectivity index (χ4v) is 4.33. The molecule has 0 radical (unpaired) electrons. The average molecular weight is 335 g/mol. The Bertz CT molecular complexity index is 761. The Labute approximate surface area is 133 Å². The van der Waals surface area contributed by atoms with Gasteiger partial charge in [-0.1, -0.05) is 30.3 Å². The standard InChI is InChI=1S/C14H17N5O3S/c20-14(16-12-6-7-23(21,22)9-12)13(19-10-15-17-18-19)8-11-4-2-1-3-5-11/h1-5,10,12-13H,6-9H2,(H,16,20). The van der Waals surface area contributed by atoms with Crippen molar-refractivity contribution in [1.82, 2.24) is 25.5 Å². The predicted molar refractivity (Wildman–Crippen MR) is 82.2 cm³/mol. The molecular weight excluding hydrogens is 318 g/mol. The number of hydrogen-bond donors (Lipinski definition) is 1. The lowest BCUT2D eigenvalue weighted by atomic mass is 10.1. The van der Waals surface area contributed by atoms with Crippen molar-refractivity contribution in [1.29, 1.82) is 0 Å². The highest BCUT2D eigenvalue weighted by atomic mass is 32.2. The summed E-state index contributed by atoms with van der Waals surface area (Å²) in [6.07, 6.45) is 2.26. The van der Waals surface area contributed by atoms with Gasteiger partial charge in [0.2, 0.25) is 5.91 Å². The molecule has 0 spiro atoms. The van der Waals surface area contributed by atoms with E-state index < -0.39 is 15.9 Å². The van der Waals surface area contributed by atoms with Crippen molar-refractivity contribution < 1.29 is 13.2 Å². The van der Waals surface area contributed by atoms with Crippen LogP contribution in [0.25, 0.3) is 0 Å². The zero-order valence-corrected chi connectivity index (χ0v) is 13.2. The molecule has 1 aliphatic heterocycles. The number of aromatic nitrogens is 4. The maximum atomic E-state index is 12.6. The molecule has 1 aliphatic rings.